The lowest BCUT2D eigenvalue weighted by Crippen LogP contribution is -2.42. The van der Waals surface area contributed by atoms with Crippen LogP contribution >= 0.6 is 0 Å². The van der Waals surface area contributed by atoms with E-state index in [1.54, 1.807) is 0 Å². The molecule has 0 aromatic heterocycles. The monoisotopic (exact) mass is 211 g/mol. The van der Waals surface area contributed by atoms with Gasteiger partial charge in [-0.05, 0) is 18.8 Å². The number of amides is 2. The van der Waals surface area contributed by atoms with Gasteiger partial charge in [-0.3, -0.25) is 10.7 Å². The Hall–Kier alpha value is -1.59. The number of hydrogen-bond donors (Lipinski definition) is 2. The molecule has 0 spiro atoms. The Morgan fingerprint density at radius 1 is 1.67 bits per heavy atom. The van der Waals surface area contributed by atoms with E-state index in [9.17, 15) is 9.59 Å². The fraction of sp³-hybridized carbons (Fsp3) is 0.667. The van der Waals surface area contributed by atoms with Crippen LogP contribution in [0.3, 0.4) is 0 Å². The van der Waals surface area contributed by atoms with Gasteiger partial charge in [-0.1, -0.05) is 0 Å². The number of nitrogens with one attached hydrogen (secondary N) is 2. The first-order valence-corrected chi connectivity index (χ1v) is 4.87. The van der Waals surface area contributed by atoms with Crippen molar-refractivity contribution in [3.05, 3.63) is 0 Å². The van der Waals surface area contributed by atoms with Crippen molar-refractivity contribution in [1.82, 2.24) is 10.2 Å². The lowest BCUT2D eigenvalue weighted by atomic mass is 10.2. The van der Waals surface area contributed by atoms with Crippen molar-refractivity contribution >= 4 is 17.8 Å². The van der Waals surface area contributed by atoms with Gasteiger partial charge in [-0.15, -0.1) is 0 Å². The fourth-order valence-corrected chi connectivity index (χ4v) is 1.65. The molecule has 6 nitrogen and oxygen atoms in total. The van der Waals surface area contributed by atoms with E-state index in [4.69, 9.17) is 5.41 Å². The average Bonchev–Trinajstić information content (AvgIpc) is 2.95. The molecule has 82 valence electrons. The number of nitrogens with zero attached hydrogens (tertiary/aromatic N) is 1. The molecule has 0 bridgehead atoms. The summed E-state index contributed by atoms with van der Waals surface area (Å²) in [5.41, 5.74) is 0. The second-order valence-corrected chi connectivity index (χ2v) is 3.87. The van der Waals surface area contributed by atoms with Crippen molar-refractivity contribution < 1.29 is 14.3 Å². The van der Waals surface area contributed by atoms with Crippen LogP contribution in [0, 0.1) is 11.3 Å². The second-order valence-electron chi connectivity index (χ2n) is 3.87. The van der Waals surface area contributed by atoms with E-state index < -0.39 is 12.0 Å². The molecule has 1 saturated carbocycles. The number of amidine groups is 1. The Kier molecular flexibility index (Phi) is 2.34. The lowest BCUT2D eigenvalue weighted by molar-refractivity contribution is -0.143. The van der Waals surface area contributed by atoms with Crippen LogP contribution < -0.4 is 5.32 Å². The summed E-state index contributed by atoms with van der Waals surface area (Å²) in [6.45, 7) is 0.536. The maximum atomic E-state index is 11.4. The molecule has 1 atom stereocenters. The first kappa shape index (κ1) is 9.95. The molecule has 2 amide bonds. The van der Waals surface area contributed by atoms with E-state index in [-0.39, 0.29) is 11.9 Å². The van der Waals surface area contributed by atoms with E-state index in [2.05, 4.69) is 10.1 Å². The summed E-state index contributed by atoms with van der Waals surface area (Å²) in [5, 5.41) is 9.83. The number of ether oxygens (including phenoxy) is 1. The molecule has 1 saturated heterocycles. The van der Waals surface area contributed by atoms with Crippen LogP contribution in [0.2, 0.25) is 0 Å². The van der Waals surface area contributed by atoms with Crippen molar-refractivity contribution in [2.24, 2.45) is 5.92 Å². The van der Waals surface area contributed by atoms with Gasteiger partial charge in [-0.2, -0.15) is 0 Å². The highest BCUT2D eigenvalue weighted by Crippen LogP contribution is 2.31. The Balaban J connectivity index is 2.12. The van der Waals surface area contributed by atoms with Crippen molar-refractivity contribution in [3.63, 3.8) is 0 Å². The van der Waals surface area contributed by atoms with Crippen LogP contribution in [-0.2, 0) is 9.53 Å². The normalized spacial score (nSPS) is 25.4. The highest BCUT2D eigenvalue weighted by atomic mass is 16.5. The van der Waals surface area contributed by atoms with Crippen LogP contribution in [0.5, 0.6) is 0 Å². The Morgan fingerprint density at radius 2 is 2.33 bits per heavy atom. The number of esters is 1. The molecule has 6 heteroatoms. The van der Waals surface area contributed by atoms with E-state index in [0.717, 1.165) is 12.8 Å². The van der Waals surface area contributed by atoms with Gasteiger partial charge in [-0.25, -0.2) is 9.59 Å². The first-order valence-electron chi connectivity index (χ1n) is 4.87. The number of methoxy groups -OCH3 is 1. The highest BCUT2D eigenvalue weighted by Gasteiger charge is 2.43. The Labute approximate surface area is 87.1 Å². The van der Waals surface area contributed by atoms with Crippen molar-refractivity contribution in [2.75, 3.05) is 13.7 Å². The summed E-state index contributed by atoms with van der Waals surface area (Å²) in [6.07, 6.45) is 2.18. The Bertz CT molecular complexity index is 325. The summed E-state index contributed by atoms with van der Waals surface area (Å²) in [5.74, 6) is -0.166. The fourth-order valence-electron chi connectivity index (χ4n) is 1.65. The zero-order chi connectivity index (χ0) is 11.0. The van der Waals surface area contributed by atoms with Crippen LogP contribution in [0.25, 0.3) is 0 Å². The minimum absolute atomic E-state index is 0.0903. The van der Waals surface area contributed by atoms with Gasteiger partial charge in [0.25, 0.3) is 0 Å². The standard InChI is InChI=1S/C9H13N3O3/c1-15-8(13)6-7(10)11-9(14)12(6)4-5-2-3-5/h5-6H,2-4H2,1H3,(H2,10,11,14). The minimum atomic E-state index is -0.872. The molecule has 0 radical (unpaired) electrons. The molecule has 1 unspecified atom stereocenters. The number of rotatable bonds is 3. The maximum absolute atomic E-state index is 11.4. The van der Waals surface area contributed by atoms with Gasteiger partial charge in [0.1, 0.15) is 5.84 Å². The van der Waals surface area contributed by atoms with Gasteiger partial charge in [0.2, 0.25) is 0 Å². The zero-order valence-electron chi connectivity index (χ0n) is 8.45. The lowest BCUT2D eigenvalue weighted by Gasteiger charge is -2.19. The molecule has 0 aromatic carbocycles. The summed E-state index contributed by atoms with van der Waals surface area (Å²) in [6, 6.07) is -1.24. The zero-order valence-corrected chi connectivity index (χ0v) is 8.45. The largest absolute Gasteiger partial charge is 0.467 e. The molecule has 2 aliphatic rings. The smallest absolute Gasteiger partial charge is 0.336 e. The summed E-state index contributed by atoms with van der Waals surface area (Å²) >= 11 is 0. The van der Waals surface area contributed by atoms with Crippen LogP contribution in [0.1, 0.15) is 12.8 Å². The SMILES string of the molecule is COC(=O)C1C(=N)NC(=O)N1CC1CC1. The van der Waals surface area contributed by atoms with E-state index >= 15 is 0 Å². The molecule has 0 aromatic rings. The van der Waals surface area contributed by atoms with Gasteiger partial charge in [0, 0.05) is 6.54 Å². The molecule has 2 fully saturated rings. The molecule has 1 aliphatic heterocycles. The van der Waals surface area contributed by atoms with Crippen LogP contribution in [0.15, 0.2) is 0 Å². The number of carbonyl (C=O) groups is 2. The molecule has 2 N–H and O–H groups in total. The maximum Gasteiger partial charge on any atom is 0.336 e. The topological polar surface area (TPSA) is 82.5 Å². The summed E-state index contributed by atoms with van der Waals surface area (Å²) in [7, 11) is 1.26. The van der Waals surface area contributed by atoms with Gasteiger partial charge < -0.3 is 9.64 Å². The second kappa shape index (κ2) is 3.52. The van der Waals surface area contributed by atoms with E-state index in [0.29, 0.717) is 12.5 Å². The van der Waals surface area contributed by atoms with Gasteiger partial charge in [0.05, 0.1) is 7.11 Å². The number of urea groups is 1. The predicted octanol–water partition coefficient (Wildman–Crippen LogP) is -0.0595. The van der Waals surface area contributed by atoms with Gasteiger partial charge >= 0.3 is 12.0 Å². The summed E-state index contributed by atoms with van der Waals surface area (Å²) < 4.78 is 4.57. The van der Waals surface area contributed by atoms with Crippen LogP contribution in [0.4, 0.5) is 4.79 Å². The Morgan fingerprint density at radius 3 is 2.87 bits per heavy atom. The van der Waals surface area contributed by atoms with Crippen molar-refractivity contribution in [3.8, 4) is 0 Å². The van der Waals surface area contributed by atoms with Crippen molar-refractivity contribution in [1.29, 1.82) is 5.41 Å². The predicted molar refractivity (Wildman–Crippen MR) is 51.5 cm³/mol. The quantitative estimate of drug-likeness (QED) is 0.641. The molecule has 1 heterocycles. The number of hydrogen-bond acceptors (Lipinski definition) is 4. The summed E-state index contributed by atoms with van der Waals surface area (Å²) in [4.78, 5) is 24.2. The number of carbonyl (C=O) groups excluding carboxylic acids is 2. The third kappa shape index (κ3) is 1.79. The van der Waals surface area contributed by atoms with Crippen LogP contribution in [-0.4, -0.2) is 42.4 Å². The molecular weight excluding hydrogens is 198 g/mol. The first-order chi connectivity index (χ1) is 7.13. The average molecular weight is 211 g/mol. The van der Waals surface area contributed by atoms with Gasteiger partial charge in [0.15, 0.2) is 6.04 Å². The van der Waals surface area contributed by atoms with E-state index in [1.807, 2.05) is 0 Å². The third-order valence-electron chi connectivity index (χ3n) is 2.66. The molecule has 2 rings (SSSR count). The minimum Gasteiger partial charge on any atom is -0.467 e. The molecular formula is C9H13N3O3. The molecule has 1 aliphatic carbocycles. The van der Waals surface area contributed by atoms with Crippen molar-refractivity contribution in [2.45, 2.75) is 18.9 Å². The highest BCUT2D eigenvalue weighted by molar-refractivity contribution is 6.15. The molecule has 15 heavy (non-hydrogen) atoms. The third-order valence-corrected chi connectivity index (χ3v) is 2.66. The van der Waals surface area contributed by atoms with E-state index in [1.165, 1.54) is 12.0 Å².